The zero-order valence-corrected chi connectivity index (χ0v) is 9.68. The van der Waals surface area contributed by atoms with E-state index in [9.17, 15) is 0 Å². The molecular weight excluding hydrogens is 200 g/mol. The van der Waals surface area contributed by atoms with Gasteiger partial charge < -0.3 is 10.6 Å². The zero-order valence-electron chi connectivity index (χ0n) is 9.68. The van der Waals surface area contributed by atoms with Crippen LogP contribution in [-0.2, 0) is 0 Å². The molecule has 0 spiro atoms. The molecular formula is C12H20N4. The topological polar surface area (TPSA) is 45.4 Å². The van der Waals surface area contributed by atoms with E-state index < -0.39 is 0 Å². The van der Waals surface area contributed by atoms with E-state index in [0.29, 0.717) is 0 Å². The highest BCUT2D eigenvalue weighted by Gasteiger charge is 2.16. The van der Waals surface area contributed by atoms with Gasteiger partial charge in [-0.15, -0.1) is 0 Å². The van der Waals surface area contributed by atoms with E-state index >= 15 is 0 Å². The van der Waals surface area contributed by atoms with Crippen LogP contribution in [0.4, 0.5) is 5.82 Å². The molecule has 1 aromatic heterocycles. The number of hydrogen-bond donors (Lipinski definition) is 1. The van der Waals surface area contributed by atoms with Crippen LogP contribution < -0.4 is 10.6 Å². The van der Waals surface area contributed by atoms with Gasteiger partial charge in [0.2, 0.25) is 0 Å². The summed E-state index contributed by atoms with van der Waals surface area (Å²) in [7, 11) is 0. The molecule has 1 saturated heterocycles. The number of pyridine rings is 1. The Morgan fingerprint density at radius 1 is 1.19 bits per heavy atom. The Morgan fingerprint density at radius 2 is 2.00 bits per heavy atom. The van der Waals surface area contributed by atoms with Crippen LogP contribution in [0.15, 0.2) is 24.4 Å². The Kier molecular flexibility index (Phi) is 4.13. The van der Waals surface area contributed by atoms with Gasteiger partial charge in [-0.05, 0) is 31.6 Å². The molecule has 0 amide bonds. The molecule has 4 heteroatoms. The number of piperazine rings is 1. The second-order valence-electron chi connectivity index (χ2n) is 4.16. The van der Waals surface area contributed by atoms with Gasteiger partial charge in [0, 0.05) is 32.4 Å². The number of aromatic nitrogens is 1. The molecule has 1 aliphatic heterocycles. The highest BCUT2D eigenvalue weighted by molar-refractivity contribution is 5.38. The van der Waals surface area contributed by atoms with Crippen LogP contribution in [0.5, 0.6) is 0 Å². The SMILES string of the molecule is NCCCN1CCN(c2ccccn2)CC1. The molecule has 16 heavy (non-hydrogen) atoms. The van der Waals surface area contributed by atoms with Crippen LogP contribution in [0.3, 0.4) is 0 Å². The first-order chi connectivity index (χ1) is 7.90. The highest BCUT2D eigenvalue weighted by atomic mass is 15.3. The van der Waals surface area contributed by atoms with Gasteiger partial charge in [0.1, 0.15) is 5.82 Å². The summed E-state index contributed by atoms with van der Waals surface area (Å²) >= 11 is 0. The summed E-state index contributed by atoms with van der Waals surface area (Å²) in [5.74, 6) is 1.10. The summed E-state index contributed by atoms with van der Waals surface area (Å²) < 4.78 is 0. The Labute approximate surface area is 97.1 Å². The van der Waals surface area contributed by atoms with Crippen molar-refractivity contribution in [2.45, 2.75) is 6.42 Å². The molecule has 1 fully saturated rings. The molecule has 0 bridgehead atoms. The van der Waals surface area contributed by atoms with E-state index in [2.05, 4.69) is 20.9 Å². The fourth-order valence-electron chi connectivity index (χ4n) is 2.06. The molecule has 0 unspecified atom stereocenters. The first kappa shape index (κ1) is 11.4. The van der Waals surface area contributed by atoms with Crippen molar-refractivity contribution >= 4 is 5.82 Å². The van der Waals surface area contributed by atoms with Crippen molar-refractivity contribution in [2.24, 2.45) is 5.73 Å². The van der Waals surface area contributed by atoms with Gasteiger partial charge in [-0.1, -0.05) is 6.07 Å². The summed E-state index contributed by atoms with van der Waals surface area (Å²) in [6.07, 6.45) is 2.96. The van der Waals surface area contributed by atoms with Crippen molar-refractivity contribution in [1.29, 1.82) is 0 Å². The fraction of sp³-hybridized carbons (Fsp3) is 0.583. The maximum absolute atomic E-state index is 5.52. The standard InChI is InChI=1S/C12H20N4/c13-5-3-7-15-8-10-16(11-9-15)12-4-1-2-6-14-12/h1-2,4,6H,3,5,7-11,13H2. The van der Waals surface area contributed by atoms with Crippen molar-refractivity contribution in [3.63, 3.8) is 0 Å². The van der Waals surface area contributed by atoms with Gasteiger partial charge >= 0.3 is 0 Å². The van der Waals surface area contributed by atoms with E-state index in [-0.39, 0.29) is 0 Å². The van der Waals surface area contributed by atoms with Crippen LogP contribution in [0.2, 0.25) is 0 Å². The first-order valence-electron chi connectivity index (χ1n) is 5.98. The van der Waals surface area contributed by atoms with Crippen LogP contribution >= 0.6 is 0 Å². The maximum atomic E-state index is 5.52. The smallest absolute Gasteiger partial charge is 0.128 e. The number of rotatable bonds is 4. The lowest BCUT2D eigenvalue weighted by Gasteiger charge is -2.35. The Balaban J connectivity index is 1.81. The normalized spacial score (nSPS) is 17.7. The van der Waals surface area contributed by atoms with E-state index in [0.717, 1.165) is 51.5 Å². The summed E-state index contributed by atoms with van der Waals surface area (Å²) in [6.45, 7) is 6.31. The van der Waals surface area contributed by atoms with Gasteiger partial charge in [-0.2, -0.15) is 0 Å². The third-order valence-corrected chi connectivity index (χ3v) is 3.02. The van der Waals surface area contributed by atoms with E-state index in [1.54, 1.807) is 0 Å². The average Bonchev–Trinajstić information content (AvgIpc) is 2.38. The summed E-state index contributed by atoms with van der Waals surface area (Å²) in [5, 5.41) is 0. The summed E-state index contributed by atoms with van der Waals surface area (Å²) in [6, 6.07) is 6.08. The second-order valence-corrected chi connectivity index (χ2v) is 4.16. The van der Waals surface area contributed by atoms with Gasteiger partial charge in [0.05, 0.1) is 0 Å². The minimum absolute atomic E-state index is 0.792. The molecule has 0 aromatic carbocycles. The monoisotopic (exact) mass is 220 g/mol. The largest absolute Gasteiger partial charge is 0.354 e. The number of nitrogens with zero attached hydrogens (tertiary/aromatic N) is 3. The first-order valence-corrected chi connectivity index (χ1v) is 5.98. The molecule has 0 saturated carbocycles. The molecule has 2 rings (SSSR count). The lowest BCUT2D eigenvalue weighted by atomic mass is 10.3. The van der Waals surface area contributed by atoms with Crippen molar-refractivity contribution in [2.75, 3.05) is 44.2 Å². The Bertz CT molecular complexity index is 293. The van der Waals surface area contributed by atoms with Crippen molar-refractivity contribution in [3.8, 4) is 0 Å². The summed E-state index contributed by atoms with van der Waals surface area (Å²) in [5.41, 5.74) is 5.52. The van der Waals surface area contributed by atoms with Crippen LogP contribution in [0.1, 0.15) is 6.42 Å². The molecule has 0 atom stereocenters. The van der Waals surface area contributed by atoms with Gasteiger partial charge in [0.25, 0.3) is 0 Å². The van der Waals surface area contributed by atoms with Gasteiger partial charge in [0.15, 0.2) is 0 Å². The number of hydrogen-bond acceptors (Lipinski definition) is 4. The van der Waals surface area contributed by atoms with E-state index in [1.165, 1.54) is 0 Å². The van der Waals surface area contributed by atoms with Crippen LogP contribution in [0, 0.1) is 0 Å². The molecule has 4 nitrogen and oxygen atoms in total. The van der Waals surface area contributed by atoms with Crippen molar-refractivity contribution < 1.29 is 0 Å². The van der Waals surface area contributed by atoms with Crippen molar-refractivity contribution in [1.82, 2.24) is 9.88 Å². The van der Waals surface area contributed by atoms with Gasteiger partial charge in [-0.3, -0.25) is 4.90 Å². The molecule has 1 aromatic rings. The van der Waals surface area contributed by atoms with E-state index in [4.69, 9.17) is 5.73 Å². The molecule has 2 N–H and O–H groups in total. The molecule has 0 radical (unpaired) electrons. The third kappa shape index (κ3) is 2.93. The minimum Gasteiger partial charge on any atom is -0.354 e. The molecule has 0 aliphatic carbocycles. The lowest BCUT2D eigenvalue weighted by molar-refractivity contribution is 0.256. The maximum Gasteiger partial charge on any atom is 0.128 e. The van der Waals surface area contributed by atoms with Crippen LogP contribution in [0.25, 0.3) is 0 Å². The average molecular weight is 220 g/mol. The second kappa shape index (κ2) is 5.82. The molecule has 2 heterocycles. The minimum atomic E-state index is 0.792. The predicted molar refractivity (Wildman–Crippen MR) is 66.6 cm³/mol. The molecule has 1 aliphatic rings. The third-order valence-electron chi connectivity index (χ3n) is 3.02. The van der Waals surface area contributed by atoms with Gasteiger partial charge in [-0.25, -0.2) is 4.98 Å². The quantitative estimate of drug-likeness (QED) is 0.805. The predicted octanol–water partition coefficient (Wildman–Crippen LogP) is 0.552. The fourth-order valence-corrected chi connectivity index (χ4v) is 2.06. The van der Waals surface area contributed by atoms with Crippen LogP contribution in [-0.4, -0.2) is 49.2 Å². The Morgan fingerprint density at radius 3 is 2.62 bits per heavy atom. The molecule has 88 valence electrons. The summed E-state index contributed by atoms with van der Waals surface area (Å²) in [4.78, 5) is 9.20. The zero-order chi connectivity index (χ0) is 11.2. The lowest BCUT2D eigenvalue weighted by Crippen LogP contribution is -2.47. The van der Waals surface area contributed by atoms with E-state index in [1.807, 2.05) is 18.3 Å². The number of anilines is 1. The number of nitrogens with two attached hydrogens (primary N) is 1. The Hall–Kier alpha value is -1.13. The highest BCUT2D eigenvalue weighted by Crippen LogP contribution is 2.12. The van der Waals surface area contributed by atoms with Crippen molar-refractivity contribution in [3.05, 3.63) is 24.4 Å².